The number of carbonyl (C=O) groups excluding carboxylic acids is 1. The van der Waals surface area contributed by atoms with E-state index in [0.29, 0.717) is 66.7 Å². The summed E-state index contributed by atoms with van der Waals surface area (Å²) in [4.78, 5) is 17.9. The Kier molecular flexibility index (Phi) is 9.30. The first kappa shape index (κ1) is 30.9. The van der Waals surface area contributed by atoms with Crippen molar-refractivity contribution in [1.29, 1.82) is 0 Å². The molecular formula is C30H38Cl2N6O3S. The Bertz CT molecular complexity index is 1530. The van der Waals surface area contributed by atoms with E-state index in [2.05, 4.69) is 42.9 Å². The Labute approximate surface area is 258 Å². The molecule has 3 aromatic rings. The Morgan fingerprint density at radius 1 is 0.929 bits per heavy atom. The number of piperazine rings is 1. The zero-order chi connectivity index (χ0) is 30.2. The summed E-state index contributed by atoms with van der Waals surface area (Å²) in [6, 6.07) is 12.0. The van der Waals surface area contributed by atoms with E-state index in [9.17, 15) is 13.2 Å². The molecule has 2 fully saturated rings. The fourth-order valence-electron chi connectivity index (χ4n) is 6.26. The summed E-state index contributed by atoms with van der Waals surface area (Å²) < 4.78 is 30.2. The average molecular weight is 634 g/mol. The number of aromatic nitrogens is 3. The van der Waals surface area contributed by atoms with Gasteiger partial charge in [0.1, 0.15) is 0 Å². The van der Waals surface area contributed by atoms with Crippen LogP contribution in [0.25, 0.3) is 0 Å². The van der Waals surface area contributed by atoms with Crippen LogP contribution in [0.5, 0.6) is 0 Å². The lowest BCUT2D eigenvalue weighted by molar-refractivity contribution is 0.0264. The fraction of sp³-hybridized carbons (Fsp3) is 0.500. The standard InChI is InChI=1S/C30H38Cl2N6O3S/c1-20-10-21(2)14-37(13-20)42(40,41)28-7-5-6-24(11-28)30(39)35-15-22(3)38(23(4)16-35)19-27-18-36(34-33-27)17-25-8-9-26(31)12-29(25)32/h5-9,11-12,18,20-23H,10,13-17,19H2,1-4H3/t20?,21?,22-,23+. The zero-order valence-electron chi connectivity index (χ0n) is 24.5. The van der Waals surface area contributed by atoms with E-state index >= 15 is 0 Å². The van der Waals surface area contributed by atoms with Gasteiger partial charge in [-0.1, -0.05) is 54.4 Å². The van der Waals surface area contributed by atoms with Crippen molar-refractivity contribution in [2.75, 3.05) is 26.2 Å². The van der Waals surface area contributed by atoms with Gasteiger partial charge in [0.15, 0.2) is 0 Å². The van der Waals surface area contributed by atoms with Gasteiger partial charge in [-0.3, -0.25) is 9.69 Å². The maximum atomic E-state index is 13.6. The topological polar surface area (TPSA) is 91.6 Å². The molecule has 12 heteroatoms. The van der Waals surface area contributed by atoms with Crippen molar-refractivity contribution in [2.45, 2.75) is 64.2 Å². The van der Waals surface area contributed by atoms with Crippen LogP contribution in [0, 0.1) is 11.8 Å². The molecule has 1 aromatic heterocycles. The van der Waals surface area contributed by atoms with Crippen LogP contribution in [0.15, 0.2) is 53.6 Å². The van der Waals surface area contributed by atoms with Crippen LogP contribution in [0.3, 0.4) is 0 Å². The quantitative estimate of drug-likeness (QED) is 0.363. The van der Waals surface area contributed by atoms with Gasteiger partial charge in [0.05, 0.1) is 23.3 Å². The van der Waals surface area contributed by atoms with Gasteiger partial charge in [0.2, 0.25) is 10.0 Å². The molecule has 2 aliphatic heterocycles. The van der Waals surface area contributed by atoms with Gasteiger partial charge in [-0.2, -0.15) is 4.31 Å². The fourth-order valence-corrected chi connectivity index (χ4v) is 8.45. The van der Waals surface area contributed by atoms with Gasteiger partial charge in [-0.05, 0) is 68.0 Å². The second-order valence-corrected chi connectivity index (χ2v) is 14.8. The second-order valence-electron chi connectivity index (χ2n) is 12.0. The summed E-state index contributed by atoms with van der Waals surface area (Å²) in [5.74, 6) is 0.454. The van der Waals surface area contributed by atoms with Crippen molar-refractivity contribution >= 4 is 39.1 Å². The molecule has 0 N–H and O–H groups in total. The summed E-state index contributed by atoms with van der Waals surface area (Å²) in [7, 11) is -3.68. The first-order valence-corrected chi connectivity index (χ1v) is 16.6. The molecule has 0 aliphatic carbocycles. The summed E-state index contributed by atoms with van der Waals surface area (Å²) >= 11 is 12.3. The van der Waals surface area contributed by atoms with E-state index in [0.717, 1.165) is 17.7 Å². The van der Waals surface area contributed by atoms with Crippen LogP contribution < -0.4 is 0 Å². The van der Waals surface area contributed by atoms with E-state index in [1.165, 1.54) is 6.07 Å². The van der Waals surface area contributed by atoms with Crippen LogP contribution >= 0.6 is 23.2 Å². The van der Waals surface area contributed by atoms with Crippen molar-refractivity contribution in [3.8, 4) is 0 Å². The monoisotopic (exact) mass is 632 g/mol. The van der Waals surface area contributed by atoms with E-state index in [1.807, 2.05) is 17.2 Å². The predicted molar refractivity (Wildman–Crippen MR) is 164 cm³/mol. The van der Waals surface area contributed by atoms with Gasteiger partial charge in [-0.25, -0.2) is 13.1 Å². The van der Waals surface area contributed by atoms with Gasteiger partial charge < -0.3 is 4.90 Å². The Hall–Kier alpha value is -2.50. The lowest BCUT2D eigenvalue weighted by Gasteiger charge is -2.44. The number of nitrogens with zero attached hydrogens (tertiary/aromatic N) is 6. The van der Waals surface area contributed by atoms with Gasteiger partial charge in [0, 0.05) is 60.4 Å². The van der Waals surface area contributed by atoms with Crippen LogP contribution in [0.2, 0.25) is 10.0 Å². The van der Waals surface area contributed by atoms with Crippen LogP contribution in [0.1, 0.15) is 55.7 Å². The van der Waals surface area contributed by atoms with Crippen molar-refractivity contribution in [3.05, 3.63) is 75.5 Å². The first-order chi connectivity index (χ1) is 19.9. The third kappa shape index (κ3) is 6.83. The first-order valence-electron chi connectivity index (χ1n) is 14.4. The number of benzene rings is 2. The van der Waals surface area contributed by atoms with E-state index in [4.69, 9.17) is 23.2 Å². The van der Waals surface area contributed by atoms with E-state index < -0.39 is 10.0 Å². The highest BCUT2D eigenvalue weighted by Gasteiger charge is 2.35. The van der Waals surface area contributed by atoms with Crippen LogP contribution in [0.4, 0.5) is 0 Å². The number of amides is 1. The number of rotatable bonds is 7. The minimum atomic E-state index is -3.68. The van der Waals surface area contributed by atoms with Crippen molar-refractivity contribution in [2.24, 2.45) is 11.8 Å². The lowest BCUT2D eigenvalue weighted by Crippen LogP contribution is -2.57. The molecule has 0 spiro atoms. The molecule has 1 amide bonds. The molecule has 5 rings (SSSR count). The van der Waals surface area contributed by atoms with Crippen molar-refractivity contribution in [1.82, 2.24) is 29.1 Å². The largest absolute Gasteiger partial charge is 0.336 e. The van der Waals surface area contributed by atoms with Crippen molar-refractivity contribution in [3.63, 3.8) is 0 Å². The number of halogens is 2. The van der Waals surface area contributed by atoms with Crippen LogP contribution in [-0.4, -0.2) is 81.7 Å². The molecule has 9 nitrogen and oxygen atoms in total. The number of hydrogen-bond acceptors (Lipinski definition) is 6. The molecule has 4 atom stereocenters. The van der Waals surface area contributed by atoms with E-state index in [1.54, 1.807) is 39.3 Å². The number of piperidine rings is 1. The minimum absolute atomic E-state index is 0.0665. The highest BCUT2D eigenvalue weighted by molar-refractivity contribution is 7.89. The van der Waals surface area contributed by atoms with Crippen molar-refractivity contribution < 1.29 is 13.2 Å². The molecule has 2 aliphatic rings. The van der Waals surface area contributed by atoms with Gasteiger partial charge >= 0.3 is 0 Å². The average Bonchev–Trinajstić information content (AvgIpc) is 3.38. The van der Waals surface area contributed by atoms with Gasteiger partial charge in [-0.15, -0.1) is 5.10 Å². The summed E-state index contributed by atoms with van der Waals surface area (Å²) in [6.07, 6.45) is 2.93. The zero-order valence-corrected chi connectivity index (χ0v) is 26.8. The lowest BCUT2D eigenvalue weighted by atomic mass is 9.94. The second kappa shape index (κ2) is 12.6. The third-order valence-electron chi connectivity index (χ3n) is 8.22. The van der Waals surface area contributed by atoms with Crippen LogP contribution in [-0.2, 0) is 23.1 Å². The SMILES string of the molecule is CC1CC(C)CN(S(=O)(=O)c2cccc(C(=O)N3C[C@@H](C)N(Cc4cn(Cc5ccc(Cl)cc5Cl)nn4)[C@@H](C)C3)c2)C1. The molecular weight excluding hydrogens is 595 g/mol. The Morgan fingerprint density at radius 2 is 1.62 bits per heavy atom. The normalized spacial score (nSPS) is 24.2. The number of carbonyl (C=O) groups is 1. The molecule has 0 bridgehead atoms. The molecule has 2 saturated heterocycles. The summed E-state index contributed by atoms with van der Waals surface area (Å²) in [6.45, 7) is 11.5. The number of sulfonamides is 1. The maximum absolute atomic E-state index is 13.6. The highest BCUT2D eigenvalue weighted by Crippen LogP contribution is 2.28. The minimum Gasteiger partial charge on any atom is -0.336 e. The molecule has 226 valence electrons. The molecule has 0 radical (unpaired) electrons. The Morgan fingerprint density at radius 3 is 2.29 bits per heavy atom. The third-order valence-corrected chi connectivity index (χ3v) is 10.6. The molecule has 2 aromatic carbocycles. The van der Waals surface area contributed by atoms with E-state index in [-0.39, 0.29) is 22.9 Å². The molecule has 42 heavy (non-hydrogen) atoms. The van der Waals surface area contributed by atoms with Gasteiger partial charge in [0.25, 0.3) is 5.91 Å². The predicted octanol–water partition coefficient (Wildman–Crippen LogP) is 5.03. The highest BCUT2D eigenvalue weighted by atomic mass is 35.5. The maximum Gasteiger partial charge on any atom is 0.254 e. The summed E-state index contributed by atoms with van der Waals surface area (Å²) in [5, 5.41) is 9.81. The smallest absolute Gasteiger partial charge is 0.254 e. The molecule has 0 saturated carbocycles. The number of hydrogen-bond donors (Lipinski definition) is 0. The molecule has 2 unspecified atom stereocenters. The Balaban J connectivity index is 1.23. The summed E-state index contributed by atoms with van der Waals surface area (Å²) in [5.41, 5.74) is 2.13. The molecule has 3 heterocycles.